The van der Waals surface area contributed by atoms with Crippen molar-refractivity contribution in [1.29, 1.82) is 0 Å². The summed E-state index contributed by atoms with van der Waals surface area (Å²) in [6, 6.07) is 0. The first-order valence-electron chi connectivity index (χ1n) is 5.14. The normalized spacial score (nSPS) is 10.8. The van der Waals surface area contributed by atoms with Crippen LogP contribution < -0.4 is 0 Å². The van der Waals surface area contributed by atoms with Gasteiger partial charge in [0.25, 0.3) is 0 Å². The summed E-state index contributed by atoms with van der Waals surface area (Å²) < 4.78 is 18.4. The van der Waals surface area contributed by atoms with Gasteiger partial charge in [-0.05, 0) is 0 Å². The monoisotopic (exact) mass is 260 g/mol. The van der Waals surface area contributed by atoms with Gasteiger partial charge >= 0.3 is 0 Å². The first-order chi connectivity index (χ1) is 9.22. The molecule has 19 heavy (non-hydrogen) atoms. The molecule has 0 aliphatic carbocycles. The summed E-state index contributed by atoms with van der Waals surface area (Å²) in [4.78, 5) is 32.3. The van der Waals surface area contributed by atoms with Gasteiger partial charge < -0.3 is 9.51 Å². The molecule has 1 N–H and O–H groups in total. The lowest BCUT2D eigenvalue weighted by Crippen LogP contribution is -1.99. The predicted molar refractivity (Wildman–Crippen MR) is 59.7 cm³/mol. The minimum absolute atomic E-state index is 0.0214. The maximum absolute atomic E-state index is 13.8. The van der Waals surface area contributed by atoms with Crippen molar-refractivity contribution < 1.29 is 18.5 Å². The van der Waals surface area contributed by atoms with Crippen molar-refractivity contribution in [1.82, 2.24) is 20.1 Å². The van der Waals surface area contributed by atoms with Crippen molar-refractivity contribution >= 4 is 23.0 Å². The Hall–Kier alpha value is -2.90. The molecule has 3 aromatic rings. The van der Waals surface area contributed by atoms with Crippen LogP contribution in [0.2, 0.25) is 0 Å². The Labute approximate surface area is 104 Å². The van der Waals surface area contributed by atoms with Gasteiger partial charge in [-0.25, -0.2) is 9.37 Å². The van der Waals surface area contributed by atoms with Crippen LogP contribution in [0, 0.1) is 5.82 Å². The number of H-pyrrole nitrogens is 1. The third-order valence-corrected chi connectivity index (χ3v) is 2.61. The van der Waals surface area contributed by atoms with Crippen LogP contribution in [0.3, 0.4) is 0 Å². The van der Waals surface area contributed by atoms with Crippen LogP contribution in [-0.2, 0) is 4.79 Å². The van der Waals surface area contributed by atoms with Gasteiger partial charge in [-0.3, -0.25) is 9.59 Å². The average molecular weight is 260 g/mol. The van der Waals surface area contributed by atoms with Crippen molar-refractivity contribution in [3.8, 4) is 11.5 Å². The molecule has 0 aliphatic heterocycles. The van der Waals surface area contributed by atoms with E-state index < -0.39 is 11.6 Å². The van der Waals surface area contributed by atoms with E-state index in [1.807, 2.05) is 0 Å². The molecule has 0 fully saturated rings. The standard InChI is InChI=1S/C11H5FN4O3/c12-6-2-14-10(11-15-4-19-16-11)9-8(6)5(1-13-9)7(18)3-17/h1-4,13H. The van der Waals surface area contributed by atoms with E-state index in [1.165, 1.54) is 6.20 Å². The minimum Gasteiger partial charge on any atom is -0.358 e. The zero-order chi connectivity index (χ0) is 13.4. The topological polar surface area (TPSA) is 102 Å². The lowest BCUT2D eigenvalue weighted by molar-refractivity contribution is -0.104. The van der Waals surface area contributed by atoms with Gasteiger partial charge in [0.05, 0.1) is 22.7 Å². The molecule has 0 unspecified atom stereocenters. The van der Waals surface area contributed by atoms with E-state index in [2.05, 4.69) is 24.6 Å². The molecule has 0 atom stereocenters. The molecule has 0 spiro atoms. The number of nitrogens with one attached hydrogen (secondary N) is 1. The molecule has 7 nitrogen and oxygen atoms in total. The molecular weight excluding hydrogens is 255 g/mol. The van der Waals surface area contributed by atoms with Gasteiger partial charge in [-0.1, -0.05) is 5.16 Å². The number of ketones is 1. The summed E-state index contributed by atoms with van der Waals surface area (Å²) in [5.41, 5.74) is 0.399. The van der Waals surface area contributed by atoms with Crippen LogP contribution in [0.5, 0.6) is 0 Å². The molecule has 0 radical (unpaired) electrons. The minimum atomic E-state index is -0.824. The fourth-order valence-electron chi connectivity index (χ4n) is 1.81. The average Bonchev–Trinajstić information content (AvgIpc) is 3.07. The van der Waals surface area contributed by atoms with Crippen molar-refractivity contribution in [2.24, 2.45) is 0 Å². The van der Waals surface area contributed by atoms with Gasteiger partial charge in [0.1, 0.15) is 5.69 Å². The van der Waals surface area contributed by atoms with Gasteiger partial charge in [0, 0.05) is 6.20 Å². The lowest BCUT2D eigenvalue weighted by atomic mass is 10.1. The van der Waals surface area contributed by atoms with E-state index >= 15 is 0 Å². The summed E-state index contributed by atoms with van der Waals surface area (Å²) in [7, 11) is 0. The molecule has 94 valence electrons. The Kier molecular flexibility index (Phi) is 2.41. The van der Waals surface area contributed by atoms with E-state index in [1.54, 1.807) is 0 Å². The number of hydrogen-bond donors (Lipinski definition) is 1. The third kappa shape index (κ3) is 1.61. The molecule has 3 heterocycles. The number of Topliss-reactive ketones (excluding diaryl/α,β-unsaturated/α-hetero) is 1. The SMILES string of the molecule is O=CC(=O)c1c[nH]c2c(-c3ncon3)ncc(F)c12. The number of halogens is 1. The number of hydrogen-bond acceptors (Lipinski definition) is 6. The van der Waals surface area contributed by atoms with Crippen LogP contribution in [0.25, 0.3) is 22.4 Å². The molecule has 0 aliphatic rings. The van der Waals surface area contributed by atoms with E-state index in [4.69, 9.17) is 0 Å². The highest BCUT2D eigenvalue weighted by Crippen LogP contribution is 2.28. The number of carbonyl (C=O) groups excluding carboxylic acids is 2. The Morgan fingerprint density at radius 2 is 2.26 bits per heavy atom. The summed E-state index contributed by atoms with van der Waals surface area (Å²) >= 11 is 0. The highest BCUT2D eigenvalue weighted by Gasteiger charge is 2.20. The molecule has 0 aromatic carbocycles. The largest absolute Gasteiger partial charge is 0.358 e. The summed E-state index contributed by atoms with van der Waals surface area (Å²) in [6.07, 6.45) is 3.41. The predicted octanol–water partition coefficient (Wildman–Crippen LogP) is 1.13. The number of aromatic nitrogens is 4. The summed E-state index contributed by atoms with van der Waals surface area (Å²) in [6.45, 7) is 0. The summed E-state index contributed by atoms with van der Waals surface area (Å²) in [5.74, 6) is -1.39. The zero-order valence-electron chi connectivity index (χ0n) is 9.25. The maximum atomic E-state index is 13.8. The first kappa shape index (κ1) is 11.2. The maximum Gasteiger partial charge on any atom is 0.227 e. The van der Waals surface area contributed by atoms with Crippen LogP contribution in [-0.4, -0.2) is 32.2 Å². The molecular formula is C11H5FN4O3. The van der Waals surface area contributed by atoms with Crippen molar-refractivity contribution in [3.05, 3.63) is 30.2 Å². The molecule has 3 rings (SSSR count). The lowest BCUT2D eigenvalue weighted by Gasteiger charge is -1.99. The van der Waals surface area contributed by atoms with Crippen LogP contribution in [0.4, 0.5) is 4.39 Å². The second kappa shape index (κ2) is 4.09. The van der Waals surface area contributed by atoms with Gasteiger partial charge in [0.15, 0.2) is 12.1 Å². The quantitative estimate of drug-likeness (QED) is 0.430. The number of nitrogens with zero attached hydrogens (tertiary/aromatic N) is 3. The fraction of sp³-hybridized carbons (Fsp3) is 0. The molecule has 0 saturated carbocycles. The molecule has 0 amide bonds. The number of rotatable bonds is 3. The molecule has 0 saturated heterocycles. The van der Waals surface area contributed by atoms with Gasteiger partial charge in [-0.15, -0.1) is 0 Å². The van der Waals surface area contributed by atoms with Gasteiger partial charge in [0.2, 0.25) is 18.0 Å². The molecule has 3 aromatic heterocycles. The van der Waals surface area contributed by atoms with Crippen molar-refractivity contribution in [2.75, 3.05) is 0 Å². The van der Waals surface area contributed by atoms with Crippen LogP contribution >= 0.6 is 0 Å². The number of carbonyl (C=O) groups is 2. The molecule has 8 heteroatoms. The fourth-order valence-corrected chi connectivity index (χ4v) is 1.81. The van der Waals surface area contributed by atoms with Crippen molar-refractivity contribution in [3.63, 3.8) is 0 Å². The second-order valence-corrected chi connectivity index (χ2v) is 3.64. The third-order valence-electron chi connectivity index (χ3n) is 2.61. The Morgan fingerprint density at radius 1 is 1.42 bits per heavy atom. The summed E-state index contributed by atoms with van der Waals surface area (Å²) in [5, 5.41) is 3.57. The highest BCUT2D eigenvalue weighted by atomic mass is 19.1. The Morgan fingerprint density at radius 3 is 2.95 bits per heavy atom. The number of aromatic amines is 1. The van der Waals surface area contributed by atoms with Crippen LogP contribution in [0.1, 0.15) is 10.4 Å². The van der Waals surface area contributed by atoms with Crippen LogP contribution in [0.15, 0.2) is 23.3 Å². The van der Waals surface area contributed by atoms with Crippen molar-refractivity contribution in [2.45, 2.75) is 0 Å². The Bertz CT molecular complexity index is 779. The smallest absolute Gasteiger partial charge is 0.227 e. The van der Waals surface area contributed by atoms with E-state index in [0.717, 1.165) is 12.6 Å². The molecule has 0 bridgehead atoms. The first-order valence-corrected chi connectivity index (χ1v) is 5.14. The highest BCUT2D eigenvalue weighted by molar-refractivity contribution is 6.36. The number of fused-ring (bicyclic) bond motifs is 1. The zero-order valence-corrected chi connectivity index (χ0v) is 9.25. The number of aldehydes is 1. The Balaban J connectivity index is 2.34. The van der Waals surface area contributed by atoms with E-state index in [-0.39, 0.29) is 34.3 Å². The number of pyridine rings is 1. The van der Waals surface area contributed by atoms with Gasteiger partial charge in [-0.2, -0.15) is 4.98 Å². The van der Waals surface area contributed by atoms with E-state index in [0.29, 0.717) is 0 Å². The van der Waals surface area contributed by atoms with E-state index in [9.17, 15) is 14.0 Å². The second-order valence-electron chi connectivity index (χ2n) is 3.64.